The van der Waals surface area contributed by atoms with Crippen molar-refractivity contribution >= 4 is 28.9 Å². The van der Waals surface area contributed by atoms with Crippen molar-refractivity contribution < 1.29 is 14.7 Å². The minimum atomic E-state index is -0.857. The third-order valence-corrected chi connectivity index (χ3v) is 4.17. The van der Waals surface area contributed by atoms with Crippen molar-refractivity contribution in [1.82, 2.24) is 10.2 Å². The van der Waals surface area contributed by atoms with Crippen LogP contribution in [0.25, 0.3) is 0 Å². The van der Waals surface area contributed by atoms with Crippen LogP contribution in [0.1, 0.15) is 24.2 Å². The molecule has 0 fully saturated rings. The van der Waals surface area contributed by atoms with Crippen molar-refractivity contribution in [2.24, 2.45) is 0 Å². The highest BCUT2D eigenvalue weighted by Gasteiger charge is 2.26. The summed E-state index contributed by atoms with van der Waals surface area (Å²) in [4.78, 5) is 49.7. The number of phenolic OH excluding ortho intramolecular Hbond substituents is 1. The lowest BCUT2D eigenvalue weighted by Gasteiger charge is -2.20. The van der Waals surface area contributed by atoms with E-state index >= 15 is 0 Å². The van der Waals surface area contributed by atoms with Crippen molar-refractivity contribution in [3.8, 4) is 5.75 Å². The Morgan fingerprint density at radius 2 is 1.72 bits per heavy atom. The smallest absolute Gasteiger partial charge is 0.257 e. The monoisotopic (exact) mass is 400 g/mol. The summed E-state index contributed by atoms with van der Waals surface area (Å²) in [5.41, 5.74) is -0.743. The Morgan fingerprint density at radius 1 is 1.10 bits per heavy atom. The van der Waals surface area contributed by atoms with E-state index in [1.807, 2.05) is 0 Å². The highest BCUT2D eigenvalue weighted by molar-refractivity contribution is 5.99. The number of nitrogens with one attached hydrogen (secondary N) is 3. The van der Waals surface area contributed by atoms with E-state index in [9.17, 15) is 24.3 Å². The van der Waals surface area contributed by atoms with Gasteiger partial charge < -0.3 is 26.0 Å². The SMILES string of the molecule is CNC(=O)C(C=C(C)C)Nc1c(Nc2cccc(C(=O)N(C)C)c2O)c(=O)c1=O. The molecule has 2 amide bonds. The van der Waals surface area contributed by atoms with Gasteiger partial charge in [-0.05, 0) is 26.0 Å². The van der Waals surface area contributed by atoms with Crippen LogP contribution in [0, 0.1) is 0 Å². The first-order valence-corrected chi connectivity index (χ1v) is 8.85. The summed E-state index contributed by atoms with van der Waals surface area (Å²) < 4.78 is 0. The van der Waals surface area contributed by atoms with Gasteiger partial charge in [0.2, 0.25) is 5.91 Å². The molecule has 0 aliphatic rings. The molecule has 154 valence electrons. The van der Waals surface area contributed by atoms with Gasteiger partial charge in [0.05, 0.1) is 11.3 Å². The van der Waals surface area contributed by atoms with Gasteiger partial charge in [-0.1, -0.05) is 17.7 Å². The minimum Gasteiger partial charge on any atom is -0.505 e. The molecule has 2 rings (SSSR count). The van der Waals surface area contributed by atoms with Gasteiger partial charge in [-0.15, -0.1) is 0 Å². The maximum atomic E-state index is 12.2. The number of para-hydroxylation sites is 1. The number of rotatable bonds is 7. The Morgan fingerprint density at radius 3 is 2.28 bits per heavy atom. The second-order valence-corrected chi connectivity index (χ2v) is 6.91. The van der Waals surface area contributed by atoms with Crippen LogP contribution in [0.4, 0.5) is 17.1 Å². The number of allylic oxidation sites excluding steroid dienone is 1. The van der Waals surface area contributed by atoms with Gasteiger partial charge >= 0.3 is 0 Å². The molecule has 0 radical (unpaired) electrons. The number of carbonyl (C=O) groups is 2. The molecule has 0 saturated carbocycles. The zero-order chi connectivity index (χ0) is 21.9. The van der Waals surface area contributed by atoms with Crippen LogP contribution in [0.5, 0.6) is 5.75 Å². The second kappa shape index (κ2) is 8.59. The second-order valence-electron chi connectivity index (χ2n) is 6.91. The predicted molar refractivity (Wildman–Crippen MR) is 112 cm³/mol. The Labute approximate surface area is 167 Å². The van der Waals surface area contributed by atoms with E-state index in [0.29, 0.717) is 0 Å². The first kappa shape index (κ1) is 21.7. The van der Waals surface area contributed by atoms with E-state index in [4.69, 9.17) is 0 Å². The molecule has 0 aliphatic carbocycles. The van der Waals surface area contributed by atoms with Gasteiger partial charge in [0.15, 0.2) is 5.75 Å². The van der Waals surface area contributed by atoms with E-state index in [2.05, 4.69) is 16.0 Å². The minimum absolute atomic E-state index is 0.0426. The van der Waals surface area contributed by atoms with Gasteiger partial charge in [0.25, 0.3) is 16.8 Å². The number of anilines is 3. The van der Waals surface area contributed by atoms with Crippen LogP contribution in [0.2, 0.25) is 0 Å². The van der Waals surface area contributed by atoms with Gasteiger partial charge in [-0.25, -0.2) is 0 Å². The molecule has 0 bridgehead atoms. The molecule has 2 aromatic carbocycles. The topological polar surface area (TPSA) is 128 Å². The average molecular weight is 400 g/mol. The number of hydrogen-bond acceptors (Lipinski definition) is 7. The maximum Gasteiger partial charge on any atom is 0.257 e. The third kappa shape index (κ3) is 4.45. The summed E-state index contributed by atoms with van der Waals surface area (Å²) in [5, 5.41) is 18.4. The molecule has 2 aromatic rings. The number of hydrogen-bond donors (Lipinski definition) is 4. The maximum absolute atomic E-state index is 12.2. The van der Waals surface area contributed by atoms with Crippen molar-refractivity contribution in [2.45, 2.75) is 19.9 Å². The zero-order valence-electron chi connectivity index (χ0n) is 16.9. The summed E-state index contributed by atoms with van der Waals surface area (Å²) in [5.74, 6) is -1.15. The van der Waals surface area contributed by atoms with Crippen LogP contribution < -0.4 is 26.8 Å². The molecule has 0 aliphatic heterocycles. The quantitative estimate of drug-likeness (QED) is 0.309. The molecule has 9 heteroatoms. The normalized spacial score (nSPS) is 11.5. The fraction of sp³-hybridized carbons (Fsp3) is 0.300. The van der Waals surface area contributed by atoms with Crippen LogP contribution in [-0.4, -0.2) is 49.0 Å². The zero-order valence-corrected chi connectivity index (χ0v) is 16.9. The van der Waals surface area contributed by atoms with Crippen LogP contribution >= 0.6 is 0 Å². The largest absolute Gasteiger partial charge is 0.505 e. The standard InChI is InChI=1S/C20H24N4O5/c1-10(2)9-13(19(28)21-3)23-15-14(17(26)18(15)27)22-12-8-6-7-11(16(12)25)20(29)24(4)5/h6-9,13,22-23,25H,1-5H3,(H,21,28). The number of benzene rings is 1. The van der Waals surface area contributed by atoms with Gasteiger partial charge in [-0.2, -0.15) is 0 Å². The molecule has 4 N–H and O–H groups in total. The van der Waals surface area contributed by atoms with Gasteiger partial charge in [0, 0.05) is 21.1 Å². The fourth-order valence-electron chi connectivity index (χ4n) is 2.67. The highest BCUT2D eigenvalue weighted by atomic mass is 16.3. The Kier molecular flexibility index (Phi) is 6.42. The number of carbonyl (C=O) groups excluding carboxylic acids is 2. The number of nitrogens with zero attached hydrogens (tertiary/aromatic N) is 1. The van der Waals surface area contributed by atoms with E-state index in [1.165, 1.54) is 30.1 Å². The molecule has 0 saturated heterocycles. The molecule has 0 heterocycles. The number of phenols is 1. The van der Waals surface area contributed by atoms with Crippen molar-refractivity contribution in [1.29, 1.82) is 0 Å². The van der Waals surface area contributed by atoms with Crippen LogP contribution in [0.15, 0.2) is 39.4 Å². The number of amides is 2. The first-order valence-electron chi connectivity index (χ1n) is 8.85. The van der Waals surface area contributed by atoms with Gasteiger partial charge in [-0.3, -0.25) is 19.2 Å². The lowest BCUT2D eigenvalue weighted by molar-refractivity contribution is -0.120. The summed E-state index contributed by atoms with van der Waals surface area (Å²) in [7, 11) is 4.55. The molecule has 29 heavy (non-hydrogen) atoms. The van der Waals surface area contributed by atoms with Gasteiger partial charge in [0.1, 0.15) is 17.4 Å². The van der Waals surface area contributed by atoms with Crippen molar-refractivity contribution in [2.75, 3.05) is 31.8 Å². The van der Waals surface area contributed by atoms with E-state index in [1.54, 1.807) is 34.0 Å². The summed E-state index contributed by atoms with van der Waals surface area (Å²) in [6, 6.07) is 3.59. The Balaban J connectivity index is 2.39. The Hall–Kier alpha value is -3.62. The molecule has 0 aromatic heterocycles. The Bertz CT molecular complexity index is 1040. The van der Waals surface area contributed by atoms with Crippen molar-refractivity contribution in [3.63, 3.8) is 0 Å². The molecule has 9 nitrogen and oxygen atoms in total. The molecule has 1 unspecified atom stereocenters. The first-order chi connectivity index (χ1) is 13.6. The molecule has 0 spiro atoms. The summed E-state index contributed by atoms with van der Waals surface area (Å²) in [6.07, 6.45) is 1.62. The molecular formula is C20H24N4O5. The highest BCUT2D eigenvalue weighted by Crippen LogP contribution is 2.32. The lowest BCUT2D eigenvalue weighted by Crippen LogP contribution is -2.43. The summed E-state index contributed by atoms with van der Waals surface area (Å²) in [6.45, 7) is 3.59. The van der Waals surface area contributed by atoms with Crippen LogP contribution in [0.3, 0.4) is 0 Å². The third-order valence-electron chi connectivity index (χ3n) is 4.17. The lowest BCUT2D eigenvalue weighted by atomic mass is 10.1. The predicted octanol–water partition coefficient (Wildman–Crippen LogP) is 0.926. The molecular weight excluding hydrogens is 376 g/mol. The molecule has 1 atom stereocenters. The van der Waals surface area contributed by atoms with Crippen LogP contribution in [-0.2, 0) is 4.79 Å². The van der Waals surface area contributed by atoms with E-state index < -0.39 is 22.8 Å². The summed E-state index contributed by atoms with van der Waals surface area (Å²) >= 11 is 0. The number of likely N-dealkylation sites (N-methyl/N-ethyl adjacent to an activating group) is 1. The number of aromatic hydroxyl groups is 1. The van der Waals surface area contributed by atoms with E-state index in [0.717, 1.165) is 5.57 Å². The van der Waals surface area contributed by atoms with E-state index in [-0.39, 0.29) is 34.3 Å². The average Bonchev–Trinajstić information content (AvgIpc) is 2.68. The fourth-order valence-corrected chi connectivity index (χ4v) is 2.67. The van der Waals surface area contributed by atoms with Crippen molar-refractivity contribution in [3.05, 3.63) is 55.9 Å².